The van der Waals surface area contributed by atoms with Crippen molar-refractivity contribution in [1.29, 1.82) is 0 Å². The van der Waals surface area contributed by atoms with E-state index in [1.54, 1.807) is 14.2 Å². The summed E-state index contributed by atoms with van der Waals surface area (Å²) in [4.78, 5) is 16.4. The van der Waals surface area contributed by atoms with Crippen molar-refractivity contribution in [1.82, 2.24) is 9.80 Å². The van der Waals surface area contributed by atoms with Gasteiger partial charge in [-0.25, -0.2) is 0 Å². The Labute approximate surface area is 128 Å². The maximum Gasteiger partial charge on any atom is 0.248 e. The summed E-state index contributed by atoms with van der Waals surface area (Å²) in [5, 5.41) is 0. The summed E-state index contributed by atoms with van der Waals surface area (Å²) in [6.07, 6.45) is 3.41. The molecule has 0 aliphatic carbocycles. The zero-order valence-corrected chi connectivity index (χ0v) is 13.9. The summed E-state index contributed by atoms with van der Waals surface area (Å²) in [7, 11) is 3.37. The number of hydrogen-bond acceptors (Lipinski definition) is 4. The zero-order chi connectivity index (χ0) is 15.5. The lowest BCUT2D eigenvalue weighted by molar-refractivity contribution is -0.137. The molecular formula is C16H30N2O3. The molecule has 2 aliphatic heterocycles. The number of ether oxygens (including phenoxy) is 2. The highest BCUT2D eigenvalue weighted by Crippen LogP contribution is 2.44. The van der Waals surface area contributed by atoms with Crippen LogP contribution in [0.5, 0.6) is 0 Å². The van der Waals surface area contributed by atoms with Gasteiger partial charge in [0.05, 0.1) is 6.61 Å². The first-order valence-corrected chi connectivity index (χ1v) is 8.03. The molecule has 0 saturated carbocycles. The summed E-state index contributed by atoms with van der Waals surface area (Å²) >= 11 is 0. The van der Waals surface area contributed by atoms with Crippen molar-refractivity contribution in [2.75, 3.05) is 47.1 Å². The third-order valence-corrected chi connectivity index (χ3v) is 5.12. The van der Waals surface area contributed by atoms with Crippen LogP contribution in [0.4, 0.5) is 0 Å². The van der Waals surface area contributed by atoms with Crippen molar-refractivity contribution in [3.63, 3.8) is 0 Å². The average Bonchev–Trinajstić information content (AvgIpc) is 2.79. The topological polar surface area (TPSA) is 42.0 Å². The summed E-state index contributed by atoms with van der Waals surface area (Å²) in [6, 6.07) is 1.08. The monoisotopic (exact) mass is 298 g/mol. The summed E-state index contributed by atoms with van der Waals surface area (Å²) in [5.74, 6) is 0.125. The number of amides is 1. The zero-order valence-electron chi connectivity index (χ0n) is 13.9. The van der Waals surface area contributed by atoms with E-state index in [4.69, 9.17) is 9.47 Å². The van der Waals surface area contributed by atoms with Gasteiger partial charge in [-0.1, -0.05) is 0 Å². The van der Waals surface area contributed by atoms with Gasteiger partial charge in [-0.15, -0.1) is 0 Å². The number of carbonyl (C=O) groups excluding carboxylic acids is 1. The van der Waals surface area contributed by atoms with Crippen LogP contribution in [0.1, 0.15) is 33.1 Å². The molecule has 2 saturated heterocycles. The van der Waals surface area contributed by atoms with Crippen molar-refractivity contribution in [2.24, 2.45) is 5.41 Å². The Balaban J connectivity index is 1.95. The van der Waals surface area contributed by atoms with Gasteiger partial charge in [0, 0.05) is 45.9 Å². The highest BCUT2D eigenvalue weighted by molar-refractivity contribution is 5.77. The largest absolute Gasteiger partial charge is 0.383 e. The van der Waals surface area contributed by atoms with Crippen LogP contribution in [0.15, 0.2) is 0 Å². The van der Waals surface area contributed by atoms with Gasteiger partial charge >= 0.3 is 0 Å². The van der Waals surface area contributed by atoms with Crippen LogP contribution in [-0.2, 0) is 14.3 Å². The fourth-order valence-electron chi connectivity index (χ4n) is 3.96. The van der Waals surface area contributed by atoms with Gasteiger partial charge in [-0.05, 0) is 38.5 Å². The maximum absolute atomic E-state index is 11.9. The number of nitrogens with zero attached hydrogens (tertiary/aromatic N) is 2. The number of hydrogen-bond donors (Lipinski definition) is 0. The van der Waals surface area contributed by atoms with E-state index in [0.29, 0.717) is 17.5 Å². The normalized spacial score (nSPS) is 26.0. The number of carbonyl (C=O) groups is 1. The quantitative estimate of drug-likeness (QED) is 0.769. The van der Waals surface area contributed by atoms with Crippen LogP contribution < -0.4 is 0 Å². The molecule has 1 amide bonds. The second-order valence-electron chi connectivity index (χ2n) is 6.89. The Bertz CT molecular complexity index is 351. The highest BCUT2D eigenvalue weighted by atomic mass is 16.5. The summed E-state index contributed by atoms with van der Waals surface area (Å²) in [6.45, 7) is 8.42. The molecule has 0 aromatic rings. The van der Waals surface area contributed by atoms with Crippen LogP contribution in [0.2, 0.25) is 0 Å². The second kappa shape index (κ2) is 7.07. The molecule has 0 radical (unpaired) electrons. The van der Waals surface area contributed by atoms with Crippen LogP contribution in [0, 0.1) is 5.41 Å². The predicted octanol–water partition coefficient (Wildman–Crippen LogP) is 1.37. The van der Waals surface area contributed by atoms with Crippen molar-refractivity contribution in [2.45, 2.75) is 45.2 Å². The predicted molar refractivity (Wildman–Crippen MR) is 82.2 cm³/mol. The van der Waals surface area contributed by atoms with E-state index >= 15 is 0 Å². The minimum atomic E-state index is 0.125. The molecule has 0 aromatic carbocycles. The number of piperidine rings is 1. The molecule has 5 nitrogen and oxygen atoms in total. The molecule has 21 heavy (non-hydrogen) atoms. The van der Waals surface area contributed by atoms with Crippen LogP contribution in [-0.4, -0.2) is 74.9 Å². The van der Waals surface area contributed by atoms with E-state index in [1.807, 2.05) is 4.90 Å². The standard InChI is InChI=1S/C16H30N2O3/c1-13(2)18-12-16(9-14(18)10-20-3)5-7-17(8-6-16)15(19)11-21-4/h13-14H,5-12H2,1-4H3/t14-/m0/s1. The highest BCUT2D eigenvalue weighted by Gasteiger charge is 2.46. The Kier molecular flexibility index (Phi) is 5.63. The molecule has 2 fully saturated rings. The molecule has 0 N–H and O–H groups in total. The Morgan fingerprint density at radius 2 is 1.90 bits per heavy atom. The SMILES string of the molecule is COCC(=O)N1CCC2(CC1)C[C@@H](COC)N(C(C)C)C2. The van der Waals surface area contributed by atoms with Gasteiger partial charge in [-0.3, -0.25) is 9.69 Å². The number of methoxy groups -OCH3 is 2. The van der Waals surface area contributed by atoms with E-state index in [9.17, 15) is 4.79 Å². The van der Waals surface area contributed by atoms with Crippen molar-refractivity contribution in [3.05, 3.63) is 0 Å². The smallest absolute Gasteiger partial charge is 0.248 e. The van der Waals surface area contributed by atoms with E-state index in [2.05, 4.69) is 18.7 Å². The van der Waals surface area contributed by atoms with E-state index < -0.39 is 0 Å². The van der Waals surface area contributed by atoms with Crippen LogP contribution in [0.3, 0.4) is 0 Å². The molecule has 0 unspecified atom stereocenters. The number of likely N-dealkylation sites (tertiary alicyclic amines) is 2. The molecule has 122 valence electrons. The van der Waals surface area contributed by atoms with Gasteiger partial charge in [0.1, 0.15) is 6.61 Å². The third-order valence-electron chi connectivity index (χ3n) is 5.12. The Morgan fingerprint density at radius 1 is 1.24 bits per heavy atom. The first-order valence-electron chi connectivity index (χ1n) is 8.03. The molecule has 0 aromatic heterocycles. The molecule has 1 atom stereocenters. The Morgan fingerprint density at radius 3 is 2.43 bits per heavy atom. The fourth-order valence-corrected chi connectivity index (χ4v) is 3.96. The lowest BCUT2D eigenvalue weighted by Crippen LogP contribution is -2.45. The lowest BCUT2D eigenvalue weighted by atomic mass is 9.76. The van der Waals surface area contributed by atoms with E-state index in [1.165, 1.54) is 6.42 Å². The molecule has 2 heterocycles. The molecule has 1 spiro atoms. The average molecular weight is 298 g/mol. The van der Waals surface area contributed by atoms with Gasteiger partial charge < -0.3 is 14.4 Å². The number of rotatable bonds is 5. The van der Waals surface area contributed by atoms with Gasteiger partial charge in [0.15, 0.2) is 0 Å². The van der Waals surface area contributed by atoms with Gasteiger partial charge in [0.25, 0.3) is 0 Å². The minimum Gasteiger partial charge on any atom is -0.383 e. The lowest BCUT2D eigenvalue weighted by Gasteiger charge is -2.39. The van der Waals surface area contributed by atoms with Crippen molar-refractivity contribution < 1.29 is 14.3 Å². The first-order chi connectivity index (χ1) is 10.0. The third kappa shape index (κ3) is 3.76. The molecule has 5 heteroatoms. The minimum absolute atomic E-state index is 0.125. The van der Waals surface area contributed by atoms with Crippen molar-refractivity contribution in [3.8, 4) is 0 Å². The summed E-state index contributed by atoms with van der Waals surface area (Å²) in [5.41, 5.74) is 0.372. The van der Waals surface area contributed by atoms with Gasteiger partial charge in [0.2, 0.25) is 5.91 Å². The first kappa shape index (κ1) is 16.7. The fraction of sp³-hybridized carbons (Fsp3) is 0.938. The Hall–Kier alpha value is -0.650. The molecular weight excluding hydrogens is 268 g/mol. The summed E-state index contributed by atoms with van der Waals surface area (Å²) < 4.78 is 10.4. The van der Waals surface area contributed by atoms with Crippen LogP contribution in [0.25, 0.3) is 0 Å². The maximum atomic E-state index is 11.9. The molecule has 2 rings (SSSR count). The van der Waals surface area contributed by atoms with E-state index in [0.717, 1.165) is 39.1 Å². The van der Waals surface area contributed by atoms with Crippen LogP contribution >= 0.6 is 0 Å². The molecule has 0 bridgehead atoms. The van der Waals surface area contributed by atoms with E-state index in [-0.39, 0.29) is 12.5 Å². The van der Waals surface area contributed by atoms with Crippen molar-refractivity contribution >= 4 is 5.91 Å². The second-order valence-corrected chi connectivity index (χ2v) is 6.89. The molecule has 2 aliphatic rings. The van der Waals surface area contributed by atoms with Gasteiger partial charge in [-0.2, -0.15) is 0 Å².